The summed E-state index contributed by atoms with van der Waals surface area (Å²) in [4.78, 5) is 11.2. The van der Waals surface area contributed by atoms with Crippen LogP contribution in [0.4, 0.5) is 0 Å². The van der Waals surface area contributed by atoms with E-state index >= 15 is 0 Å². The summed E-state index contributed by atoms with van der Waals surface area (Å²) in [5, 5.41) is 0. The van der Waals surface area contributed by atoms with E-state index < -0.39 is 0 Å². The fourth-order valence-electron chi connectivity index (χ4n) is 1.39. The minimum atomic E-state index is -0.292. The van der Waals surface area contributed by atoms with E-state index in [2.05, 4.69) is 4.74 Å². The maximum Gasteiger partial charge on any atom is 0.337 e. The van der Waals surface area contributed by atoms with E-state index in [9.17, 15) is 4.79 Å². The number of thioether (sulfide) groups is 1. The molecule has 18 heavy (non-hydrogen) atoms. The van der Waals surface area contributed by atoms with Crippen molar-refractivity contribution < 1.29 is 14.3 Å². The Morgan fingerprint density at radius 2 is 1.94 bits per heavy atom. The topological polar surface area (TPSA) is 35.5 Å². The predicted molar refractivity (Wildman–Crippen MR) is 75.0 cm³/mol. The molecule has 1 aromatic carbocycles. The second-order valence-electron chi connectivity index (χ2n) is 4.16. The Bertz CT molecular complexity index is 360. The Morgan fingerprint density at radius 1 is 1.28 bits per heavy atom. The highest BCUT2D eigenvalue weighted by molar-refractivity contribution is 7.98. The molecule has 1 rings (SSSR count). The molecule has 0 N–H and O–H groups in total. The van der Waals surface area contributed by atoms with E-state index in [0.29, 0.717) is 11.7 Å². The summed E-state index contributed by atoms with van der Waals surface area (Å²) in [6.07, 6.45) is 0.296. The first kappa shape index (κ1) is 15.1. The first-order valence-corrected chi connectivity index (χ1v) is 7.15. The van der Waals surface area contributed by atoms with Crippen molar-refractivity contribution in [1.82, 2.24) is 0 Å². The number of carbonyl (C=O) groups excluding carboxylic acids is 1. The van der Waals surface area contributed by atoms with Gasteiger partial charge in [0, 0.05) is 11.5 Å². The second kappa shape index (κ2) is 8.16. The summed E-state index contributed by atoms with van der Waals surface area (Å²) >= 11 is 1.83. The van der Waals surface area contributed by atoms with Gasteiger partial charge in [0.25, 0.3) is 0 Å². The molecule has 4 heteroatoms. The number of rotatable bonds is 7. The molecule has 0 bridgehead atoms. The Kier molecular flexibility index (Phi) is 6.83. The average molecular weight is 268 g/mol. The number of benzene rings is 1. The maximum atomic E-state index is 11.2. The fourth-order valence-corrected chi connectivity index (χ4v) is 2.17. The summed E-state index contributed by atoms with van der Waals surface area (Å²) in [7, 11) is 1.39. The average Bonchev–Trinajstić information content (AvgIpc) is 2.38. The monoisotopic (exact) mass is 268 g/mol. The Labute approximate surface area is 113 Å². The molecule has 0 fully saturated rings. The normalized spacial score (nSPS) is 10.7. The lowest BCUT2D eigenvalue weighted by molar-refractivity contribution is 0.0600. The molecular formula is C14H20O3S. The number of hydrogen-bond acceptors (Lipinski definition) is 4. The van der Waals surface area contributed by atoms with E-state index in [1.165, 1.54) is 12.7 Å². The number of ether oxygens (including phenoxy) is 2. The van der Waals surface area contributed by atoms with Crippen LogP contribution in [0.15, 0.2) is 24.3 Å². The van der Waals surface area contributed by atoms with Gasteiger partial charge in [0.05, 0.1) is 25.4 Å². The molecule has 0 amide bonds. The number of hydrogen-bond donors (Lipinski definition) is 0. The van der Waals surface area contributed by atoms with Gasteiger partial charge in [0.2, 0.25) is 0 Å². The van der Waals surface area contributed by atoms with Gasteiger partial charge in [-0.25, -0.2) is 4.79 Å². The Balaban J connectivity index is 2.29. The zero-order chi connectivity index (χ0) is 13.4. The summed E-state index contributed by atoms with van der Waals surface area (Å²) in [5.74, 6) is 1.62. The highest BCUT2D eigenvalue weighted by Crippen LogP contribution is 2.13. The van der Waals surface area contributed by atoms with Crippen molar-refractivity contribution in [2.75, 3.05) is 19.5 Å². The lowest BCUT2D eigenvalue weighted by Gasteiger charge is -2.07. The summed E-state index contributed by atoms with van der Waals surface area (Å²) in [6, 6.07) is 7.52. The molecule has 1 aromatic rings. The van der Waals surface area contributed by atoms with Crippen LogP contribution in [0.3, 0.4) is 0 Å². The lowest BCUT2D eigenvalue weighted by Crippen LogP contribution is -2.05. The third-order valence-corrected chi connectivity index (χ3v) is 3.32. The second-order valence-corrected chi connectivity index (χ2v) is 5.27. The molecular weight excluding hydrogens is 248 g/mol. The smallest absolute Gasteiger partial charge is 0.337 e. The highest BCUT2D eigenvalue weighted by Gasteiger charge is 2.04. The van der Waals surface area contributed by atoms with E-state index in [1.807, 2.05) is 37.7 Å². The van der Waals surface area contributed by atoms with Crippen molar-refractivity contribution >= 4 is 17.7 Å². The predicted octanol–water partition coefficient (Wildman–Crippen LogP) is 3.13. The van der Waals surface area contributed by atoms with Crippen molar-refractivity contribution in [2.45, 2.75) is 25.7 Å². The minimum Gasteiger partial charge on any atom is -0.465 e. The molecule has 0 aromatic heterocycles. The van der Waals surface area contributed by atoms with Crippen molar-refractivity contribution in [3.63, 3.8) is 0 Å². The van der Waals surface area contributed by atoms with Gasteiger partial charge < -0.3 is 9.47 Å². The lowest BCUT2D eigenvalue weighted by atomic mass is 10.1. The largest absolute Gasteiger partial charge is 0.465 e. The van der Waals surface area contributed by atoms with Crippen LogP contribution >= 0.6 is 11.8 Å². The molecule has 0 saturated heterocycles. The molecule has 0 unspecified atom stereocenters. The van der Waals surface area contributed by atoms with Crippen LogP contribution in [0.1, 0.15) is 29.8 Å². The van der Waals surface area contributed by atoms with Gasteiger partial charge in [-0.2, -0.15) is 11.8 Å². The molecule has 0 atom stereocenters. The minimum absolute atomic E-state index is 0.292. The van der Waals surface area contributed by atoms with Crippen LogP contribution in [0, 0.1) is 0 Å². The number of esters is 1. The molecule has 0 aliphatic carbocycles. The Morgan fingerprint density at radius 3 is 2.50 bits per heavy atom. The SMILES string of the molecule is COC(=O)c1ccc(CSCCOC(C)C)cc1. The molecule has 3 nitrogen and oxygen atoms in total. The van der Waals surface area contributed by atoms with Crippen LogP contribution in [0.2, 0.25) is 0 Å². The van der Waals surface area contributed by atoms with Crippen molar-refractivity contribution in [3.8, 4) is 0 Å². The first-order chi connectivity index (χ1) is 8.63. The number of methoxy groups -OCH3 is 1. The van der Waals surface area contributed by atoms with Crippen molar-refractivity contribution in [1.29, 1.82) is 0 Å². The maximum absolute atomic E-state index is 11.2. The molecule has 0 radical (unpaired) electrons. The third kappa shape index (κ3) is 5.56. The van der Waals surface area contributed by atoms with E-state index in [0.717, 1.165) is 18.1 Å². The molecule has 0 aliphatic heterocycles. The summed E-state index contributed by atoms with van der Waals surface area (Å²) < 4.78 is 10.1. The van der Waals surface area contributed by atoms with Crippen LogP contribution in [-0.4, -0.2) is 31.5 Å². The molecule has 100 valence electrons. The van der Waals surface area contributed by atoms with E-state index in [-0.39, 0.29) is 5.97 Å². The molecule has 0 heterocycles. The summed E-state index contributed by atoms with van der Waals surface area (Å²) in [5.41, 5.74) is 1.80. The van der Waals surface area contributed by atoms with Gasteiger partial charge in [-0.05, 0) is 31.5 Å². The molecule has 0 aliphatic rings. The quantitative estimate of drug-likeness (QED) is 0.562. The highest BCUT2D eigenvalue weighted by atomic mass is 32.2. The van der Waals surface area contributed by atoms with Gasteiger partial charge in [-0.15, -0.1) is 0 Å². The van der Waals surface area contributed by atoms with Gasteiger partial charge in [-0.1, -0.05) is 12.1 Å². The van der Waals surface area contributed by atoms with Crippen molar-refractivity contribution in [2.24, 2.45) is 0 Å². The van der Waals surface area contributed by atoms with E-state index in [1.54, 1.807) is 12.1 Å². The molecule has 0 saturated carbocycles. The summed E-state index contributed by atoms with van der Waals surface area (Å²) in [6.45, 7) is 4.86. The zero-order valence-electron chi connectivity index (χ0n) is 11.1. The van der Waals surface area contributed by atoms with Crippen molar-refractivity contribution in [3.05, 3.63) is 35.4 Å². The van der Waals surface area contributed by atoms with E-state index in [4.69, 9.17) is 4.74 Å². The van der Waals surface area contributed by atoms with Gasteiger partial charge in [-0.3, -0.25) is 0 Å². The van der Waals surface area contributed by atoms with Crippen LogP contribution in [0.5, 0.6) is 0 Å². The molecule has 0 spiro atoms. The van der Waals surface area contributed by atoms with Gasteiger partial charge in [0.1, 0.15) is 0 Å². The van der Waals surface area contributed by atoms with Gasteiger partial charge >= 0.3 is 5.97 Å². The standard InChI is InChI=1S/C14H20O3S/c1-11(2)17-8-9-18-10-12-4-6-13(7-5-12)14(15)16-3/h4-7,11H,8-10H2,1-3H3. The van der Waals surface area contributed by atoms with Gasteiger partial charge in [0.15, 0.2) is 0 Å². The first-order valence-electron chi connectivity index (χ1n) is 6.00. The van der Waals surface area contributed by atoms with Crippen LogP contribution < -0.4 is 0 Å². The zero-order valence-corrected chi connectivity index (χ0v) is 12.0. The number of carbonyl (C=O) groups is 1. The van der Waals surface area contributed by atoms with Crippen LogP contribution in [-0.2, 0) is 15.2 Å². The Hall–Kier alpha value is -1.00. The third-order valence-electron chi connectivity index (χ3n) is 2.32. The van der Waals surface area contributed by atoms with Crippen LogP contribution in [0.25, 0.3) is 0 Å². The fraction of sp³-hybridized carbons (Fsp3) is 0.500.